The maximum absolute atomic E-state index is 12.5. The first-order chi connectivity index (χ1) is 11.0. The highest BCUT2D eigenvalue weighted by molar-refractivity contribution is 5.94. The van der Waals surface area contributed by atoms with Crippen molar-refractivity contribution in [3.8, 4) is 11.8 Å². The van der Waals surface area contributed by atoms with Crippen LogP contribution < -0.4 is 10.1 Å². The Hall–Kier alpha value is -2.80. The topological polar surface area (TPSA) is 62.1 Å². The number of nitrogens with one attached hydrogen (secondary N) is 1. The Morgan fingerprint density at radius 2 is 1.87 bits per heavy atom. The standard InChI is InChI=1S/C19H20N2O2/c1-13(2)18(15-7-9-17(23-3)10-8-15)21-19(22)16-6-4-5-14(11-16)12-20/h4-11,13,18H,1-3H3,(H,21,22)/t18-/m1/s1. The maximum Gasteiger partial charge on any atom is 0.251 e. The largest absolute Gasteiger partial charge is 0.497 e. The number of hydrogen-bond acceptors (Lipinski definition) is 3. The van der Waals surface area contributed by atoms with Crippen LogP contribution in [0.2, 0.25) is 0 Å². The van der Waals surface area contributed by atoms with Crippen molar-refractivity contribution >= 4 is 5.91 Å². The van der Waals surface area contributed by atoms with Gasteiger partial charge in [-0.1, -0.05) is 32.0 Å². The highest BCUT2D eigenvalue weighted by Gasteiger charge is 2.19. The lowest BCUT2D eigenvalue weighted by Gasteiger charge is -2.23. The van der Waals surface area contributed by atoms with Crippen molar-refractivity contribution in [3.63, 3.8) is 0 Å². The molecular weight excluding hydrogens is 288 g/mol. The fourth-order valence-electron chi connectivity index (χ4n) is 2.40. The number of carbonyl (C=O) groups excluding carboxylic acids is 1. The maximum atomic E-state index is 12.5. The van der Waals surface area contributed by atoms with Crippen molar-refractivity contribution in [2.75, 3.05) is 7.11 Å². The molecular formula is C19H20N2O2. The van der Waals surface area contributed by atoms with E-state index < -0.39 is 0 Å². The van der Waals surface area contributed by atoms with Gasteiger partial charge in [-0.05, 0) is 41.8 Å². The number of methoxy groups -OCH3 is 1. The van der Waals surface area contributed by atoms with Crippen LogP contribution in [0.1, 0.15) is 41.4 Å². The summed E-state index contributed by atoms with van der Waals surface area (Å²) >= 11 is 0. The van der Waals surface area contributed by atoms with Gasteiger partial charge in [0, 0.05) is 5.56 Å². The predicted octanol–water partition coefficient (Wildman–Crippen LogP) is 3.69. The van der Waals surface area contributed by atoms with Crippen molar-refractivity contribution in [3.05, 3.63) is 65.2 Å². The van der Waals surface area contributed by atoms with Gasteiger partial charge in [-0.2, -0.15) is 5.26 Å². The Bertz CT molecular complexity index is 715. The second-order valence-electron chi connectivity index (χ2n) is 5.66. The molecule has 1 N–H and O–H groups in total. The van der Waals surface area contributed by atoms with Crippen LogP contribution >= 0.6 is 0 Å². The Kier molecular flexibility index (Phi) is 5.37. The minimum Gasteiger partial charge on any atom is -0.497 e. The van der Waals surface area contributed by atoms with Crippen LogP contribution in [0.5, 0.6) is 5.75 Å². The first kappa shape index (κ1) is 16.6. The first-order valence-electron chi connectivity index (χ1n) is 7.50. The third kappa shape index (κ3) is 4.10. The highest BCUT2D eigenvalue weighted by Crippen LogP contribution is 2.24. The Balaban J connectivity index is 2.21. The van der Waals surface area contributed by atoms with E-state index in [4.69, 9.17) is 10.00 Å². The van der Waals surface area contributed by atoms with Crippen molar-refractivity contribution < 1.29 is 9.53 Å². The van der Waals surface area contributed by atoms with Gasteiger partial charge in [0.25, 0.3) is 5.91 Å². The van der Waals surface area contributed by atoms with Gasteiger partial charge >= 0.3 is 0 Å². The average molecular weight is 308 g/mol. The fourth-order valence-corrected chi connectivity index (χ4v) is 2.40. The lowest BCUT2D eigenvalue weighted by molar-refractivity contribution is 0.0925. The van der Waals surface area contributed by atoms with E-state index in [1.54, 1.807) is 31.4 Å². The molecule has 0 aliphatic carbocycles. The van der Waals surface area contributed by atoms with Crippen molar-refractivity contribution in [2.45, 2.75) is 19.9 Å². The summed E-state index contributed by atoms with van der Waals surface area (Å²) in [5.41, 5.74) is 1.98. The number of nitriles is 1. The molecule has 2 rings (SSSR count). The molecule has 0 aromatic heterocycles. The summed E-state index contributed by atoms with van der Waals surface area (Å²) in [5, 5.41) is 12.0. The molecule has 0 fully saturated rings. The Labute approximate surface area is 136 Å². The average Bonchev–Trinajstić information content (AvgIpc) is 2.59. The van der Waals surface area contributed by atoms with Gasteiger partial charge in [-0.25, -0.2) is 0 Å². The molecule has 0 saturated carbocycles. The van der Waals surface area contributed by atoms with Gasteiger partial charge in [-0.15, -0.1) is 0 Å². The number of rotatable bonds is 5. The second kappa shape index (κ2) is 7.46. The molecule has 0 bridgehead atoms. The van der Waals surface area contributed by atoms with E-state index in [0.717, 1.165) is 11.3 Å². The summed E-state index contributed by atoms with van der Waals surface area (Å²) in [6.45, 7) is 4.11. The van der Waals surface area contributed by atoms with E-state index in [2.05, 4.69) is 19.2 Å². The third-order valence-electron chi connectivity index (χ3n) is 3.68. The van der Waals surface area contributed by atoms with Crippen LogP contribution in [-0.4, -0.2) is 13.0 Å². The minimum absolute atomic E-state index is 0.112. The van der Waals surface area contributed by atoms with Gasteiger partial charge in [0.2, 0.25) is 0 Å². The van der Waals surface area contributed by atoms with Gasteiger partial charge in [0.15, 0.2) is 0 Å². The smallest absolute Gasteiger partial charge is 0.251 e. The first-order valence-corrected chi connectivity index (χ1v) is 7.50. The number of carbonyl (C=O) groups is 1. The molecule has 0 heterocycles. The zero-order chi connectivity index (χ0) is 16.8. The summed E-state index contributed by atoms with van der Waals surface area (Å²) < 4.78 is 5.17. The molecule has 4 nitrogen and oxygen atoms in total. The molecule has 1 atom stereocenters. The number of nitrogens with zero attached hydrogens (tertiary/aromatic N) is 1. The highest BCUT2D eigenvalue weighted by atomic mass is 16.5. The summed E-state index contributed by atoms with van der Waals surface area (Å²) in [6.07, 6.45) is 0. The number of hydrogen-bond donors (Lipinski definition) is 1. The lowest BCUT2D eigenvalue weighted by Crippen LogP contribution is -2.31. The van der Waals surface area contributed by atoms with Crippen LogP contribution in [0.4, 0.5) is 0 Å². The quantitative estimate of drug-likeness (QED) is 0.916. The van der Waals surface area contributed by atoms with Crippen LogP contribution in [0, 0.1) is 17.2 Å². The van der Waals surface area contributed by atoms with Crippen molar-refractivity contribution in [1.82, 2.24) is 5.32 Å². The molecule has 4 heteroatoms. The molecule has 0 spiro atoms. The van der Waals surface area contributed by atoms with Crippen LogP contribution in [-0.2, 0) is 0 Å². The molecule has 23 heavy (non-hydrogen) atoms. The van der Waals surface area contributed by atoms with Gasteiger partial charge < -0.3 is 10.1 Å². The number of ether oxygens (including phenoxy) is 1. The van der Waals surface area contributed by atoms with Crippen LogP contribution in [0.15, 0.2) is 48.5 Å². The molecule has 2 aromatic carbocycles. The van der Waals surface area contributed by atoms with E-state index in [9.17, 15) is 4.79 Å². The van der Waals surface area contributed by atoms with E-state index in [1.807, 2.05) is 30.3 Å². The summed E-state index contributed by atoms with van der Waals surface area (Å²) in [5.74, 6) is 0.826. The van der Waals surface area contributed by atoms with E-state index in [-0.39, 0.29) is 17.9 Å². The Morgan fingerprint density at radius 3 is 2.43 bits per heavy atom. The normalized spacial score (nSPS) is 11.6. The molecule has 0 aliphatic heterocycles. The molecule has 118 valence electrons. The monoisotopic (exact) mass is 308 g/mol. The molecule has 0 radical (unpaired) electrons. The van der Waals surface area contributed by atoms with E-state index in [0.29, 0.717) is 11.1 Å². The summed E-state index contributed by atoms with van der Waals surface area (Å²) in [7, 11) is 1.62. The zero-order valence-electron chi connectivity index (χ0n) is 13.5. The minimum atomic E-state index is -0.184. The molecule has 2 aromatic rings. The van der Waals surface area contributed by atoms with Crippen molar-refractivity contribution in [1.29, 1.82) is 5.26 Å². The van der Waals surface area contributed by atoms with Crippen LogP contribution in [0.3, 0.4) is 0 Å². The summed E-state index contributed by atoms with van der Waals surface area (Å²) in [6, 6.07) is 16.3. The van der Waals surface area contributed by atoms with Gasteiger partial charge in [0.05, 0.1) is 24.8 Å². The van der Waals surface area contributed by atoms with Gasteiger partial charge in [-0.3, -0.25) is 4.79 Å². The van der Waals surface area contributed by atoms with Crippen molar-refractivity contribution in [2.24, 2.45) is 5.92 Å². The predicted molar refractivity (Wildman–Crippen MR) is 89.2 cm³/mol. The van der Waals surface area contributed by atoms with Gasteiger partial charge in [0.1, 0.15) is 5.75 Å². The fraction of sp³-hybridized carbons (Fsp3) is 0.263. The Morgan fingerprint density at radius 1 is 1.17 bits per heavy atom. The zero-order valence-corrected chi connectivity index (χ0v) is 13.5. The van der Waals surface area contributed by atoms with Crippen LogP contribution in [0.25, 0.3) is 0 Å². The number of amides is 1. The molecule has 1 amide bonds. The van der Waals surface area contributed by atoms with E-state index in [1.165, 1.54) is 0 Å². The molecule has 0 unspecified atom stereocenters. The third-order valence-corrected chi connectivity index (χ3v) is 3.68. The second-order valence-corrected chi connectivity index (χ2v) is 5.66. The molecule has 0 aliphatic rings. The summed E-state index contributed by atoms with van der Waals surface area (Å²) in [4.78, 5) is 12.5. The lowest BCUT2D eigenvalue weighted by atomic mass is 9.95. The van der Waals surface area contributed by atoms with E-state index >= 15 is 0 Å². The number of benzene rings is 2. The molecule has 0 saturated heterocycles. The SMILES string of the molecule is COc1ccc([C@H](NC(=O)c2cccc(C#N)c2)C(C)C)cc1.